The maximum Gasteiger partial charge on any atom is 0.400 e. The van der Waals surface area contributed by atoms with Gasteiger partial charge in [-0.05, 0) is 25.1 Å². The molecule has 0 saturated heterocycles. The zero-order valence-corrected chi connectivity index (χ0v) is 17.3. The number of benzene rings is 1. The number of rotatable bonds is 5. The van der Waals surface area contributed by atoms with Crippen molar-refractivity contribution in [1.82, 2.24) is 10.1 Å². The molecule has 0 aliphatic heterocycles. The molecule has 7 nitrogen and oxygen atoms in total. The summed E-state index contributed by atoms with van der Waals surface area (Å²) in [6, 6.07) is 10.5. The molecule has 0 unspecified atom stereocenters. The predicted octanol–water partition coefficient (Wildman–Crippen LogP) is 4.57. The first-order chi connectivity index (χ1) is 14.6. The molecule has 0 bridgehead atoms. The quantitative estimate of drug-likeness (QED) is 0.560. The number of hydrogen-bond acceptors (Lipinski definition) is 7. The van der Waals surface area contributed by atoms with Crippen molar-refractivity contribution in [3.63, 3.8) is 0 Å². The van der Waals surface area contributed by atoms with E-state index < -0.39 is 18.7 Å². The van der Waals surface area contributed by atoms with E-state index in [2.05, 4.69) is 20.6 Å². The summed E-state index contributed by atoms with van der Waals surface area (Å²) in [5.41, 5.74) is 6.94. The van der Waals surface area contributed by atoms with E-state index in [1.807, 2.05) is 19.1 Å². The number of carbonyl (C=O) groups is 1. The van der Waals surface area contributed by atoms with E-state index in [0.717, 1.165) is 11.1 Å². The lowest BCUT2D eigenvalue weighted by atomic mass is 10.1. The van der Waals surface area contributed by atoms with Gasteiger partial charge in [0.1, 0.15) is 18.1 Å². The Labute approximate surface area is 180 Å². The zero-order chi connectivity index (χ0) is 23.0. The molecule has 0 aliphatic carbocycles. The van der Waals surface area contributed by atoms with Gasteiger partial charge in [0, 0.05) is 22.8 Å². The number of esters is 1. The van der Waals surface area contributed by atoms with Crippen molar-refractivity contribution in [2.45, 2.75) is 19.7 Å². The second-order valence-corrected chi connectivity index (χ2v) is 6.49. The molecule has 0 amide bonds. The molecule has 0 saturated carbocycles. The van der Waals surface area contributed by atoms with Crippen molar-refractivity contribution in [3.05, 3.63) is 64.5 Å². The van der Waals surface area contributed by atoms with Crippen LogP contribution in [0.4, 0.5) is 13.2 Å². The van der Waals surface area contributed by atoms with Gasteiger partial charge < -0.3 is 19.7 Å². The van der Waals surface area contributed by atoms with Gasteiger partial charge in [-0.15, -0.1) is 0 Å². The van der Waals surface area contributed by atoms with Crippen LogP contribution in [0, 0.1) is 6.92 Å². The van der Waals surface area contributed by atoms with E-state index in [9.17, 15) is 18.0 Å². The van der Waals surface area contributed by atoms with Gasteiger partial charge in [0.15, 0.2) is 0 Å². The molecule has 2 N–H and O–H groups in total. The number of carbonyl (C=O) groups excluding carboxylic acids is 1. The lowest BCUT2D eigenvalue weighted by Gasteiger charge is -2.07. The van der Waals surface area contributed by atoms with Gasteiger partial charge >= 0.3 is 12.1 Å². The number of aryl methyl sites for hydroxylation is 1. The topological polar surface area (TPSA) is 100 Å². The Morgan fingerprint density at radius 2 is 1.84 bits per heavy atom. The van der Waals surface area contributed by atoms with Crippen molar-refractivity contribution in [3.8, 4) is 17.1 Å². The first-order valence-electron chi connectivity index (χ1n) is 8.79. The number of hydrogen-bond donors (Lipinski definition) is 1. The molecule has 3 aromatic rings. The van der Waals surface area contributed by atoms with E-state index >= 15 is 0 Å². The van der Waals surface area contributed by atoms with Crippen molar-refractivity contribution in [2.24, 2.45) is 5.73 Å². The third-order valence-corrected chi connectivity index (χ3v) is 4.11. The smallest absolute Gasteiger partial charge is 0.400 e. The van der Waals surface area contributed by atoms with Gasteiger partial charge in [0.25, 0.3) is 0 Å². The van der Waals surface area contributed by atoms with Crippen molar-refractivity contribution < 1.29 is 32.0 Å². The minimum absolute atomic E-state index is 0.234. The Bertz CT molecular complexity index is 990. The minimum atomic E-state index is -4.18. The fourth-order valence-corrected chi connectivity index (χ4v) is 2.37. The fraction of sp³-hybridized carbons (Fsp3) is 0.250. The summed E-state index contributed by atoms with van der Waals surface area (Å²) < 4.78 is 47.6. The summed E-state index contributed by atoms with van der Waals surface area (Å²) in [5, 5.41) is 4.75. The average Bonchev–Trinajstić information content (AvgIpc) is 3.13. The number of aromatic nitrogens is 2. The number of nitrogens with zero attached hydrogens (tertiary/aromatic N) is 2. The normalized spacial score (nSPS) is 10.8. The Hall–Kier alpha value is -3.11. The number of pyridine rings is 1. The van der Waals surface area contributed by atoms with Gasteiger partial charge in [-0.2, -0.15) is 13.2 Å². The second-order valence-electron chi connectivity index (χ2n) is 6.06. The van der Waals surface area contributed by atoms with Crippen LogP contribution in [-0.2, 0) is 11.3 Å². The van der Waals surface area contributed by atoms with Crippen molar-refractivity contribution in [2.75, 3.05) is 13.7 Å². The highest BCUT2D eigenvalue weighted by atomic mass is 35.5. The number of alkyl halides is 3. The van der Waals surface area contributed by atoms with E-state index in [-0.39, 0.29) is 6.61 Å². The van der Waals surface area contributed by atoms with Crippen molar-refractivity contribution >= 4 is 17.6 Å². The molecule has 31 heavy (non-hydrogen) atoms. The molecule has 0 radical (unpaired) electrons. The first kappa shape index (κ1) is 24.2. The highest BCUT2D eigenvalue weighted by Gasteiger charge is 2.23. The lowest BCUT2D eigenvalue weighted by molar-refractivity contribution is -0.118. The molecule has 0 atom stereocenters. The summed E-state index contributed by atoms with van der Waals surface area (Å²) in [6.45, 7) is 0.823. The first-order valence-corrected chi connectivity index (χ1v) is 9.17. The zero-order valence-electron chi connectivity index (χ0n) is 16.6. The standard InChI is InChI=1S/C18H15ClN2O4.C2H4F3N/c1-11-15(17(21-25-11)12-3-6-14(19)7-4-12)10-24-16-8-5-13(9-20-16)18(22)23-2;3-2(4,5)1-6/h3-9H,10H2,1-2H3;1,6H2. The van der Waals surface area contributed by atoms with Crippen LogP contribution in [0.2, 0.25) is 5.02 Å². The molecule has 0 aliphatic rings. The maximum absolute atomic E-state index is 11.4. The molecule has 2 aromatic heterocycles. The van der Waals surface area contributed by atoms with E-state index in [1.165, 1.54) is 13.3 Å². The summed E-state index contributed by atoms with van der Waals surface area (Å²) in [6.07, 6.45) is -2.78. The molecule has 3 rings (SSSR count). The van der Waals surface area contributed by atoms with Crippen LogP contribution in [0.25, 0.3) is 11.3 Å². The predicted molar refractivity (Wildman–Crippen MR) is 107 cm³/mol. The summed E-state index contributed by atoms with van der Waals surface area (Å²) >= 11 is 5.92. The molecular weight excluding hydrogens is 439 g/mol. The number of methoxy groups -OCH3 is 1. The molecule has 0 spiro atoms. The Morgan fingerprint density at radius 3 is 2.35 bits per heavy atom. The summed E-state index contributed by atoms with van der Waals surface area (Å²) in [4.78, 5) is 15.5. The van der Waals surface area contributed by atoms with E-state index in [1.54, 1.807) is 24.3 Å². The molecule has 1 aromatic carbocycles. The molecule has 166 valence electrons. The number of halogens is 4. The van der Waals surface area contributed by atoms with Crippen LogP contribution in [0.15, 0.2) is 47.1 Å². The molecule has 2 heterocycles. The Morgan fingerprint density at radius 1 is 1.19 bits per heavy atom. The van der Waals surface area contributed by atoms with Crippen LogP contribution in [0.3, 0.4) is 0 Å². The lowest BCUT2D eigenvalue weighted by Crippen LogP contribution is -2.21. The Kier molecular flexibility index (Phi) is 8.40. The van der Waals surface area contributed by atoms with E-state index in [0.29, 0.717) is 27.9 Å². The van der Waals surface area contributed by atoms with Gasteiger partial charge in [-0.25, -0.2) is 9.78 Å². The summed E-state index contributed by atoms with van der Waals surface area (Å²) in [7, 11) is 1.32. The van der Waals surface area contributed by atoms with Crippen molar-refractivity contribution in [1.29, 1.82) is 0 Å². The van der Waals surface area contributed by atoms with Crippen LogP contribution >= 0.6 is 11.6 Å². The largest absolute Gasteiger partial charge is 0.473 e. The Balaban J connectivity index is 0.000000501. The highest BCUT2D eigenvalue weighted by molar-refractivity contribution is 6.30. The van der Waals surface area contributed by atoms with Gasteiger partial charge in [0.2, 0.25) is 5.88 Å². The van der Waals surface area contributed by atoms with Gasteiger partial charge in [-0.3, -0.25) is 0 Å². The number of nitrogens with two attached hydrogens (primary N) is 1. The average molecular weight is 458 g/mol. The molecule has 0 fully saturated rings. The maximum atomic E-state index is 11.4. The van der Waals surface area contributed by atoms with Crippen LogP contribution in [-0.4, -0.2) is 35.9 Å². The van der Waals surface area contributed by atoms with Crippen LogP contribution < -0.4 is 10.5 Å². The van der Waals surface area contributed by atoms with Crippen LogP contribution in [0.1, 0.15) is 21.7 Å². The molecular formula is C20H19ClF3N3O4. The monoisotopic (exact) mass is 457 g/mol. The summed E-state index contributed by atoms with van der Waals surface area (Å²) in [5.74, 6) is 0.602. The van der Waals surface area contributed by atoms with Crippen LogP contribution in [0.5, 0.6) is 5.88 Å². The molecule has 11 heteroatoms. The third kappa shape index (κ3) is 7.26. The fourth-order valence-electron chi connectivity index (χ4n) is 2.25. The second kappa shape index (κ2) is 10.8. The van der Waals surface area contributed by atoms with E-state index in [4.69, 9.17) is 20.9 Å². The van der Waals surface area contributed by atoms with Gasteiger partial charge in [-0.1, -0.05) is 28.9 Å². The van der Waals surface area contributed by atoms with Gasteiger partial charge in [0.05, 0.1) is 24.8 Å². The number of ether oxygens (including phenoxy) is 2. The SMILES string of the molecule is COC(=O)c1ccc(OCc2c(-c3ccc(Cl)cc3)noc2C)nc1.NCC(F)(F)F. The third-order valence-electron chi connectivity index (χ3n) is 3.86. The minimum Gasteiger partial charge on any atom is -0.473 e. The highest BCUT2D eigenvalue weighted by Crippen LogP contribution is 2.27.